The summed E-state index contributed by atoms with van der Waals surface area (Å²) in [5.41, 5.74) is 1.16. The molecule has 2 heterocycles. The van der Waals surface area contributed by atoms with Crippen LogP contribution in [0, 0.1) is 5.92 Å². The lowest BCUT2D eigenvalue weighted by molar-refractivity contribution is 0.0195. The van der Waals surface area contributed by atoms with Gasteiger partial charge in [0.1, 0.15) is 0 Å². The molecule has 0 amide bonds. The molecule has 2 unspecified atom stereocenters. The van der Waals surface area contributed by atoms with E-state index in [1.807, 2.05) is 0 Å². The van der Waals surface area contributed by atoms with Crippen LogP contribution in [-0.4, -0.2) is 80.3 Å². The number of nitrogens with zero attached hydrogens (tertiary/aromatic N) is 3. The van der Waals surface area contributed by atoms with Gasteiger partial charge in [-0.25, -0.2) is 0 Å². The number of rotatable bonds is 7. The maximum atomic E-state index is 5.51. The zero-order valence-electron chi connectivity index (χ0n) is 17.7. The Labute approximate surface area is 170 Å². The van der Waals surface area contributed by atoms with Crippen LogP contribution in [-0.2, 0) is 4.74 Å². The van der Waals surface area contributed by atoms with Gasteiger partial charge in [-0.05, 0) is 31.4 Å². The fraction of sp³-hybridized carbons (Fsp3) is 0.682. The minimum atomic E-state index is 0.314. The van der Waals surface area contributed by atoms with Crippen LogP contribution in [0.1, 0.15) is 27.2 Å². The van der Waals surface area contributed by atoms with Crippen molar-refractivity contribution >= 4 is 11.6 Å². The van der Waals surface area contributed by atoms with Gasteiger partial charge in [0.05, 0.1) is 19.8 Å². The first-order valence-corrected chi connectivity index (χ1v) is 10.8. The van der Waals surface area contributed by atoms with Crippen LogP contribution in [0.2, 0.25) is 0 Å². The van der Waals surface area contributed by atoms with Gasteiger partial charge in [-0.3, -0.25) is 9.89 Å². The highest BCUT2D eigenvalue weighted by molar-refractivity contribution is 5.80. The molecule has 1 aromatic rings. The smallest absolute Gasteiger partial charge is 0.194 e. The predicted molar refractivity (Wildman–Crippen MR) is 117 cm³/mol. The number of likely N-dealkylation sites (tertiary alicyclic amines) is 1. The molecule has 0 aromatic heterocycles. The van der Waals surface area contributed by atoms with Crippen molar-refractivity contribution in [2.24, 2.45) is 10.9 Å². The maximum absolute atomic E-state index is 5.51. The summed E-state index contributed by atoms with van der Waals surface area (Å²) < 4.78 is 5.51. The van der Waals surface area contributed by atoms with Gasteiger partial charge in [0.2, 0.25) is 0 Å². The molecule has 2 N–H and O–H groups in total. The minimum Gasteiger partial charge on any atom is -0.380 e. The first kappa shape index (κ1) is 20.9. The number of morpholine rings is 1. The van der Waals surface area contributed by atoms with Crippen molar-refractivity contribution in [1.82, 2.24) is 15.1 Å². The molecule has 2 saturated heterocycles. The summed E-state index contributed by atoms with van der Waals surface area (Å²) in [6.07, 6.45) is 1.21. The second kappa shape index (κ2) is 10.7. The lowest BCUT2D eigenvalue weighted by atomic mass is 10.0. The zero-order chi connectivity index (χ0) is 19.8. The molecule has 6 nitrogen and oxygen atoms in total. The van der Waals surface area contributed by atoms with Crippen LogP contribution in [0.5, 0.6) is 0 Å². The Hall–Kier alpha value is -1.79. The normalized spacial score (nSPS) is 22.5. The van der Waals surface area contributed by atoms with Crippen LogP contribution in [0.3, 0.4) is 0 Å². The summed E-state index contributed by atoms with van der Waals surface area (Å²) in [5.74, 6) is 1.56. The monoisotopic (exact) mass is 387 g/mol. The second-order valence-corrected chi connectivity index (χ2v) is 8.09. The third-order valence-corrected chi connectivity index (χ3v) is 5.73. The van der Waals surface area contributed by atoms with Crippen molar-refractivity contribution in [1.29, 1.82) is 0 Å². The Balaban J connectivity index is 1.60. The predicted octanol–water partition coefficient (Wildman–Crippen LogP) is 2.50. The standard InChI is InChI=1S/C22H37N5O/c1-4-23-22(27-11-10-20(17-27)26-12-14-28-15-13-26)24-16-21(18(2)3)25-19-8-6-5-7-9-19/h5-9,18,20-21,25H,4,10-17H2,1-3H3,(H,23,24). The Kier molecular flexibility index (Phi) is 7.98. The molecule has 3 rings (SSSR count). The van der Waals surface area contributed by atoms with E-state index in [1.165, 1.54) is 6.42 Å². The topological polar surface area (TPSA) is 52.1 Å². The zero-order valence-corrected chi connectivity index (χ0v) is 17.7. The van der Waals surface area contributed by atoms with E-state index in [-0.39, 0.29) is 0 Å². The number of hydrogen-bond donors (Lipinski definition) is 2. The van der Waals surface area contributed by atoms with E-state index in [0.29, 0.717) is 18.0 Å². The van der Waals surface area contributed by atoms with Crippen molar-refractivity contribution < 1.29 is 4.74 Å². The number of para-hydroxylation sites is 1. The van der Waals surface area contributed by atoms with E-state index in [4.69, 9.17) is 9.73 Å². The molecule has 2 fully saturated rings. The number of hydrogen-bond acceptors (Lipinski definition) is 4. The molecule has 0 spiro atoms. The number of aliphatic imine (C=N–C) groups is 1. The van der Waals surface area contributed by atoms with Crippen LogP contribution in [0.15, 0.2) is 35.3 Å². The van der Waals surface area contributed by atoms with Gasteiger partial charge in [-0.15, -0.1) is 0 Å². The number of nitrogens with one attached hydrogen (secondary N) is 2. The van der Waals surface area contributed by atoms with Gasteiger partial charge in [0.25, 0.3) is 0 Å². The third-order valence-electron chi connectivity index (χ3n) is 5.73. The summed E-state index contributed by atoms with van der Waals surface area (Å²) in [6.45, 7) is 14.3. The lowest BCUT2D eigenvalue weighted by Crippen LogP contribution is -2.47. The van der Waals surface area contributed by atoms with Crippen molar-refractivity contribution in [3.8, 4) is 0 Å². The average molecular weight is 388 g/mol. The largest absolute Gasteiger partial charge is 0.380 e. The number of ether oxygens (including phenoxy) is 1. The van der Waals surface area contributed by atoms with Crippen LogP contribution in [0.4, 0.5) is 5.69 Å². The van der Waals surface area contributed by atoms with Gasteiger partial charge < -0.3 is 20.3 Å². The summed E-state index contributed by atoms with van der Waals surface area (Å²) in [7, 11) is 0. The Morgan fingerprint density at radius 3 is 2.61 bits per heavy atom. The minimum absolute atomic E-state index is 0.314. The summed E-state index contributed by atoms with van der Waals surface area (Å²) >= 11 is 0. The highest BCUT2D eigenvalue weighted by atomic mass is 16.5. The maximum Gasteiger partial charge on any atom is 0.194 e. The lowest BCUT2D eigenvalue weighted by Gasteiger charge is -2.32. The molecule has 0 radical (unpaired) electrons. The fourth-order valence-electron chi connectivity index (χ4n) is 3.96. The van der Waals surface area contributed by atoms with E-state index >= 15 is 0 Å². The van der Waals surface area contributed by atoms with Crippen LogP contribution in [0.25, 0.3) is 0 Å². The van der Waals surface area contributed by atoms with Gasteiger partial charge in [-0.1, -0.05) is 32.0 Å². The molecular weight excluding hydrogens is 350 g/mol. The highest BCUT2D eigenvalue weighted by Gasteiger charge is 2.30. The van der Waals surface area contributed by atoms with Gasteiger partial charge in [0, 0.05) is 50.5 Å². The quantitative estimate of drug-likeness (QED) is 0.556. The molecule has 2 atom stereocenters. The number of benzene rings is 1. The third kappa shape index (κ3) is 5.85. The van der Waals surface area contributed by atoms with E-state index in [2.05, 4.69) is 71.5 Å². The molecule has 6 heteroatoms. The summed E-state index contributed by atoms with van der Waals surface area (Å²) in [6, 6.07) is 11.4. The molecule has 0 aliphatic carbocycles. The first-order chi connectivity index (χ1) is 13.7. The average Bonchev–Trinajstić information content (AvgIpc) is 3.21. The Bertz CT molecular complexity index is 600. The molecule has 2 aliphatic heterocycles. The summed E-state index contributed by atoms with van der Waals surface area (Å²) in [5, 5.41) is 7.16. The van der Waals surface area contributed by atoms with Crippen molar-refractivity contribution in [3.63, 3.8) is 0 Å². The Morgan fingerprint density at radius 2 is 1.93 bits per heavy atom. The van der Waals surface area contributed by atoms with E-state index in [1.54, 1.807) is 0 Å². The van der Waals surface area contributed by atoms with Crippen molar-refractivity contribution in [3.05, 3.63) is 30.3 Å². The van der Waals surface area contributed by atoms with Crippen LogP contribution >= 0.6 is 0 Å². The molecule has 156 valence electrons. The first-order valence-electron chi connectivity index (χ1n) is 10.8. The Morgan fingerprint density at radius 1 is 1.18 bits per heavy atom. The van der Waals surface area contributed by atoms with Gasteiger partial charge >= 0.3 is 0 Å². The van der Waals surface area contributed by atoms with Crippen molar-refractivity contribution in [2.75, 3.05) is 57.8 Å². The molecular formula is C22H37N5O. The number of anilines is 1. The molecule has 0 saturated carbocycles. The highest BCUT2D eigenvalue weighted by Crippen LogP contribution is 2.18. The van der Waals surface area contributed by atoms with Crippen molar-refractivity contribution in [2.45, 2.75) is 39.3 Å². The second-order valence-electron chi connectivity index (χ2n) is 8.09. The van der Waals surface area contributed by atoms with E-state index in [9.17, 15) is 0 Å². The van der Waals surface area contributed by atoms with Gasteiger partial charge in [0.15, 0.2) is 5.96 Å². The van der Waals surface area contributed by atoms with E-state index < -0.39 is 0 Å². The summed E-state index contributed by atoms with van der Waals surface area (Å²) in [4.78, 5) is 10.0. The van der Waals surface area contributed by atoms with E-state index in [0.717, 1.165) is 64.1 Å². The molecule has 2 aliphatic rings. The fourth-order valence-corrected chi connectivity index (χ4v) is 3.96. The molecule has 0 bridgehead atoms. The SMILES string of the molecule is CCNC(=NCC(Nc1ccccc1)C(C)C)N1CCC(N2CCOCC2)C1. The van der Waals surface area contributed by atoms with Gasteiger partial charge in [-0.2, -0.15) is 0 Å². The number of guanidine groups is 1. The van der Waals surface area contributed by atoms with Crippen LogP contribution < -0.4 is 10.6 Å². The molecule has 28 heavy (non-hydrogen) atoms. The molecule has 1 aromatic carbocycles.